The molecule has 37 heavy (non-hydrogen) atoms. The van der Waals surface area contributed by atoms with Crippen LogP contribution in [0.4, 0.5) is 19.3 Å². The maximum absolute atomic E-state index is 14.1. The Hall–Kier alpha value is -3.89. The Morgan fingerprint density at radius 2 is 1.84 bits per heavy atom. The van der Waals surface area contributed by atoms with Crippen molar-refractivity contribution >= 4 is 52.2 Å². The van der Waals surface area contributed by atoms with E-state index in [2.05, 4.69) is 5.32 Å². The van der Waals surface area contributed by atoms with Crippen LogP contribution in [-0.4, -0.2) is 35.6 Å². The highest BCUT2D eigenvalue weighted by Crippen LogP contribution is 2.35. The molecule has 7 nitrogen and oxygen atoms in total. The van der Waals surface area contributed by atoms with Crippen LogP contribution in [0.25, 0.3) is 6.08 Å². The van der Waals surface area contributed by atoms with Gasteiger partial charge in [0.15, 0.2) is 11.5 Å². The predicted octanol–water partition coefficient (Wildman–Crippen LogP) is 5.88. The van der Waals surface area contributed by atoms with E-state index in [1.165, 1.54) is 49.6 Å². The summed E-state index contributed by atoms with van der Waals surface area (Å²) in [5.74, 6) is -1.58. The molecule has 0 atom stereocenters. The summed E-state index contributed by atoms with van der Waals surface area (Å²) < 4.78 is 38.2. The molecule has 3 aromatic rings. The highest BCUT2D eigenvalue weighted by atomic mass is 35.5. The fourth-order valence-corrected chi connectivity index (χ4v) is 4.44. The molecule has 1 heterocycles. The van der Waals surface area contributed by atoms with Crippen molar-refractivity contribution in [3.8, 4) is 11.5 Å². The van der Waals surface area contributed by atoms with Crippen molar-refractivity contribution in [2.24, 2.45) is 0 Å². The Morgan fingerprint density at radius 1 is 1.08 bits per heavy atom. The first kappa shape index (κ1) is 26.2. The van der Waals surface area contributed by atoms with Gasteiger partial charge in [0.2, 0.25) is 5.91 Å². The topological polar surface area (TPSA) is 84.9 Å². The molecule has 190 valence electrons. The molecular formula is C26H19ClF2N2O5S. The number of carbonyl (C=O) groups is 3. The van der Waals surface area contributed by atoms with Crippen LogP contribution in [0.15, 0.2) is 65.6 Å². The molecule has 3 amide bonds. The first-order valence-corrected chi connectivity index (χ1v) is 12.0. The first-order valence-electron chi connectivity index (χ1n) is 10.8. The zero-order chi connectivity index (χ0) is 26.5. The maximum Gasteiger partial charge on any atom is 0.294 e. The van der Waals surface area contributed by atoms with E-state index in [-0.39, 0.29) is 27.8 Å². The van der Waals surface area contributed by atoms with Crippen LogP contribution >= 0.6 is 23.4 Å². The highest BCUT2D eigenvalue weighted by Gasteiger charge is 2.36. The Labute approximate surface area is 220 Å². The van der Waals surface area contributed by atoms with E-state index in [0.717, 1.165) is 4.90 Å². The number of carbonyl (C=O) groups excluding carboxylic acids is 3. The van der Waals surface area contributed by atoms with E-state index in [0.29, 0.717) is 28.8 Å². The number of ether oxygens (including phenoxy) is 2. The van der Waals surface area contributed by atoms with Crippen molar-refractivity contribution in [1.29, 1.82) is 0 Å². The number of methoxy groups -OCH3 is 1. The SMILES string of the molecule is COc1ccc(/C=C2/SC(=O)N(CC(=O)Nc3ccc(F)cc3)C2=O)cc1OCc1c(F)cccc1Cl. The van der Waals surface area contributed by atoms with E-state index in [1.54, 1.807) is 24.3 Å². The fraction of sp³-hybridized carbons (Fsp3) is 0.115. The number of halogens is 3. The number of thioether (sulfide) groups is 1. The molecule has 0 saturated carbocycles. The van der Waals surface area contributed by atoms with Gasteiger partial charge in [0.25, 0.3) is 11.1 Å². The number of hydrogen-bond donors (Lipinski definition) is 1. The number of hydrogen-bond acceptors (Lipinski definition) is 6. The molecule has 11 heteroatoms. The lowest BCUT2D eigenvalue weighted by atomic mass is 10.1. The summed E-state index contributed by atoms with van der Waals surface area (Å²) in [5, 5.41) is 2.12. The van der Waals surface area contributed by atoms with Gasteiger partial charge in [-0.05, 0) is 71.9 Å². The van der Waals surface area contributed by atoms with Gasteiger partial charge in [-0.2, -0.15) is 0 Å². The van der Waals surface area contributed by atoms with Gasteiger partial charge in [-0.15, -0.1) is 0 Å². The molecule has 0 bridgehead atoms. The molecular weight excluding hydrogens is 526 g/mol. The van der Waals surface area contributed by atoms with Crippen LogP contribution in [0.5, 0.6) is 11.5 Å². The molecule has 0 unspecified atom stereocenters. The molecule has 0 radical (unpaired) electrons. The monoisotopic (exact) mass is 544 g/mol. The van der Waals surface area contributed by atoms with Crippen LogP contribution in [-0.2, 0) is 16.2 Å². The van der Waals surface area contributed by atoms with Crippen molar-refractivity contribution in [2.45, 2.75) is 6.61 Å². The number of rotatable bonds is 8. The van der Waals surface area contributed by atoms with Gasteiger partial charge < -0.3 is 14.8 Å². The molecule has 1 aliphatic heterocycles. The summed E-state index contributed by atoms with van der Waals surface area (Å²) in [7, 11) is 1.44. The van der Waals surface area contributed by atoms with Crippen molar-refractivity contribution in [1.82, 2.24) is 4.90 Å². The summed E-state index contributed by atoms with van der Waals surface area (Å²) in [6, 6.07) is 14.2. The first-order chi connectivity index (χ1) is 17.7. The number of nitrogens with one attached hydrogen (secondary N) is 1. The van der Waals surface area contributed by atoms with E-state index in [4.69, 9.17) is 21.1 Å². The Kier molecular flexibility index (Phi) is 8.10. The van der Waals surface area contributed by atoms with Gasteiger partial charge in [0, 0.05) is 11.3 Å². The molecule has 1 N–H and O–H groups in total. The zero-order valence-electron chi connectivity index (χ0n) is 19.3. The quantitative estimate of drug-likeness (QED) is 0.356. The van der Waals surface area contributed by atoms with Gasteiger partial charge in [-0.3, -0.25) is 19.3 Å². The van der Waals surface area contributed by atoms with Crippen LogP contribution in [0.1, 0.15) is 11.1 Å². The molecule has 4 rings (SSSR count). The molecule has 0 aliphatic carbocycles. The normalized spacial score (nSPS) is 14.3. The lowest BCUT2D eigenvalue weighted by Crippen LogP contribution is -2.36. The zero-order valence-corrected chi connectivity index (χ0v) is 20.9. The second kappa shape index (κ2) is 11.4. The van der Waals surface area contributed by atoms with Crippen molar-refractivity contribution < 1.29 is 32.6 Å². The molecule has 0 aromatic heterocycles. The minimum Gasteiger partial charge on any atom is -0.493 e. The summed E-state index contributed by atoms with van der Waals surface area (Å²) in [5.41, 5.74) is 1.02. The Bertz CT molecular complexity index is 1380. The van der Waals surface area contributed by atoms with E-state index < -0.39 is 35.2 Å². The second-order valence-electron chi connectivity index (χ2n) is 7.72. The molecule has 3 aromatic carbocycles. The summed E-state index contributed by atoms with van der Waals surface area (Å²) in [4.78, 5) is 38.5. The van der Waals surface area contributed by atoms with E-state index in [1.807, 2.05) is 0 Å². The van der Waals surface area contributed by atoms with Gasteiger partial charge in [0.05, 0.1) is 17.0 Å². The van der Waals surface area contributed by atoms with Gasteiger partial charge >= 0.3 is 0 Å². The van der Waals surface area contributed by atoms with Gasteiger partial charge in [-0.1, -0.05) is 23.7 Å². The van der Waals surface area contributed by atoms with Crippen molar-refractivity contribution in [2.75, 3.05) is 19.0 Å². The van der Waals surface area contributed by atoms with Crippen LogP contribution in [0.2, 0.25) is 5.02 Å². The second-order valence-corrected chi connectivity index (χ2v) is 9.12. The Morgan fingerprint density at radius 3 is 2.54 bits per heavy atom. The highest BCUT2D eigenvalue weighted by molar-refractivity contribution is 8.18. The van der Waals surface area contributed by atoms with Crippen LogP contribution < -0.4 is 14.8 Å². The van der Waals surface area contributed by atoms with Crippen LogP contribution in [0, 0.1) is 11.6 Å². The van der Waals surface area contributed by atoms with Crippen molar-refractivity contribution in [3.05, 3.63) is 93.4 Å². The lowest BCUT2D eigenvalue weighted by Gasteiger charge is -2.13. The number of nitrogens with zero attached hydrogens (tertiary/aromatic N) is 1. The maximum atomic E-state index is 14.1. The van der Waals surface area contributed by atoms with Crippen LogP contribution in [0.3, 0.4) is 0 Å². The molecule has 1 aliphatic rings. The molecule has 1 fully saturated rings. The largest absolute Gasteiger partial charge is 0.493 e. The minimum atomic E-state index is -0.638. The lowest BCUT2D eigenvalue weighted by molar-refractivity contribution is -0.127. The standard InChI is InChI=1S/C26H19ClF2N2O5S/c1-35-21-10-5-15(11-22(21)36-14-18-19(27)3-2-4-20(18)29)12-23-25(33)31(26(34)37-23)13-24(32)30-17-8-6-16(28)7-9-17/h2-12H,13-14H2,1H3,(H,30,32)/b23-12+. The summed E-state index contributed by atoms with van der Waals surface area (Å²) >= 11 is 6.75. The van der Waals surface area contributed by atoms with Gasteiger partial charge in [0.1, 0.15) is 24.8 Å². The number of imide groups is 1. The third-order valence-electron chi connectivity index (χ3n) is 5.22. The molecule has 0 spiro atoms. The summed E-state index contributed by atoms with van der Waals surface area (Å²) in [6.45, 7) is -0.662. The smallest absolute Gasteiger partial charge is 0.294 e. The number of amides is 3. The van der Waals surface area contributed by atoms with Gasteiger partial charge in [-0.25, -0.2) is 8.78 Å². The third-order valence-corrected chi connectivity index (χ3v) is 6.48. The fourth-order valence-electron chi connectivity index (χ4n) is 3.38. The average Bonchev–Trinajstić information content (AvgIpc) is 3.12. The predicted molar refractivity (Wildman–Crippen MR) is 136 cm³/mol. The minimum absolute atomic E-state index is 0.104. The number of benzene rings is 3. The molecule has 1 saturated heterocycles. The summed E-state index contributed by atoms with van der Waals surface area (Å²) in [6.07, 6.45) is 1.48. The van der Waals surface area contributed by atoms with Crippen molar-refractivity contribution in [3.63, 3.8) is 0 Å². The number of anilines is 1. The Balaban J connectivity index is 1.47. The third kappa shape index (κ3) is 6.28. The van der Waals surface area contributed by atoms with E-state index in [9.17, 15) is 23.2 Å². The average molecular weight is 545 g/mol. The van der Waals surface area contributed by atoms with E-state index >= 15 is 0 Å².